The third kappa shape index (κ3) is 19.0. The molecule has 4 rings (SSSR count). The van der Waals surface area contributed by atoms with Gasteiger partial charge in [0, 0.05) is 44.8 Å². The number of carbonyl (C=O) groups excluding carboxylic acids is 3. The highest BCUT2D eigenvalue weighted by Gasteiger charge is 2.54. The molecule has 3 saturated heterocycles. The lowest BCUT2D eigenvalue weighted by Crippen LogP contribution is -2.67. The van der Waals surface area contributed by atoms with Crippen molar-refractivity contribution >= 4 is 43.0 Å². The minimum absolute atomic E-state index is 0.000767. The summed E-state index contributed by atoms with van der Waals surface area (Å²) in [5.41, 5.74) is -0.507. The maximum Gasteiger partial charge on any atom is 0.308 e. The number of aliphatic hydroxyl groups excluding tert-OH is 1. The molecule has 3 fully saturated rings. The number of hydrogen-bond acceptors (Lipinski definition) is 18. The van der Waals surface area contributed by atoms with Crippen LogP contribution in [-0.4, -0.2) is 197 Å². The van der Waals surface area contributed by atoms with E-state index in [2.05, 4.69) is 58.9 Å². The van der Waals surface area contributed by atoms with Crippen molar-refractivity contribution in [3.8, 4) is 0 Å². The minimum atomic E-state index is -2.41. The lowest BCUT2D eigenvalue weighted by atomic mass is 9.79. The number of carbonyl (C=O) groups is 3. The quantitative estimate of drug-likeness (QED) is 0.0734. The Morgan fingerprint density at radius 2 is 1.34 bits per heavy atom. The van der Waals surface area contributed by atoms with Crippen LogP contribution in [0.4, 0.5) is 0 Å². The predicted octanol–water partition coefficient (Wildman–Crippen LogP) is 7.41. The van der Waals surface area contributed by atoms with Crippen LogP contribution in [0.1, 0.15) is 87.5 Å². The van der Waals surface area contributed by atoms with Gasteiger partial charge in [-0.15, -0.1) is 0 Å². The molecule has 21 atom stereocenters. The Morgan fingerprint density at radius 3 is 1.88 bits per heavy atom. The third-order valence-corrected chi connectivity index (χ3v) is 17.7. The van der Waals surface area contributed by atoms with E-state index < -0.39 is 146 Å². The van der Waals surface area contributed by atoms with E-state index in [-0.39, 0.29) is 50.3 Å². The molecule has 18 nitrogen and oxygen atoms in total. The van der Waals surface area contributed by atoms with E-state index in [1.807, 2.05) is 66.6 Å². The molecule has 0 aliphatic carbocycles. The first-order valence-electron chi connectivity index (χ1n) is 27.7. The van der Waals surface area contributed by atoms with Crippen LogP contribution in [0, 0.1) is 23.7 Å². The van der Waals surface area contributed by atoms with Gasteiger partial charge in [-0.2, -0.15) is 0 Å². The number of allylic oxidation sites excluding steroid dienone is 3. The number of aliphatic hydroxyl groups is 2. The Hall–Kier alpha value is -1.62. The number of ether oxygens (including phenoxy) is 9. The molecule has 0 spiro atoms. The van der Waals surface area contributed by atoms with Crippen molar-refractivity contribution in [2.75, 3.05) is 34.9 Å². The average Bonchev–Trinajstić information content (AvgIpc) is 3.28. The first-order valence-corrected chi connectivity index (χ1v) is 37.9. The second-order valence-electron chi connectivity index (χ2n) is 25.4. The summed E-state index contributed by atoms with van der Waals surface area (Å²) in [6, 6.07) is -0.480. The second kappa shape index (κ2) is 28.4. The largest absolute Gasteiger partial charge is 0.462 e. The van der Waals surface area contributed by atoms with Gasteiger partial charge >= 0.3 is 5.97 Å². The monoisotopic (exact) mass is 1130 g/mol. The zero-order valence-corrected chi connectivity index (χ0v) is 53.1. The van der Waals surface area contributed by atoms with E-state index in [0.717, 1.165) is 11.9 Å². The molecule has 0 saturated carbocycles. The zero-order valence-electron chi connectivity index (χ0n) is 50.1. The van der Waals surface area contributed by atoms with Crippen molar-refractivity contribution in [1.82, 2.24) is 4.90 Å². The molecule has 0 aromatic heterocycles. The van der Waals surface area contributed by atoms with Crippen LogP contribution in [0.3, 0.4) is 0 Å². The molecule has 2 N–H and O–H groups in total. The number of rotatable bonds is 19. The molecule has 21 heteroatoms. The number of nitrogens with zero attached hydrogens (tertiary/aromatic N) is 1. The molecular weight excluding hydrogens is 1030 g/mol. The highest BCUT2D eigenvalue weighted by molar-refractivity contribution is 6.70. The molecule has 4 aliphatic heterocycles. The fourth-order valence-electron chi connectivity index (χ4n) is 11.2. The summed E-state index contributed by atoms with van der Waals surface area (Å²) in [7, 11) is 0.590. The Bertz CT molecular complexity index is 1900. The van der Waals surface area contributed by atoms with E-state index >= 15 is 0 Å². The summed E-state index contributed by atoms with van der Waals surface area (Å²) >= 11 is 0. The first kappa shape index (κ1) is 66.9. The highest BCUT2D eigenvalue weighted by atomic mass is 28.4. The van der Waals surface area contributed by atoms with Gasteiger partial charge in [0.15, 0.2) is 49.6 Å². The van der Waals surface area contributed by atoms with Crippen molar-refractivity contribution in [2.24, 2.45) is 23.7 Å². The summed E-state index contributed by atoms with van der Waals surface area (Å²) in [5.74, 6) is -3.25. The topological polar surface area (TPSA) is 206 Å². The molecule has 0 radical (unpaired) electrons. The zero-order chi connectivity index (χ0) is 57.4. The van der Waals surface area contributed by atoms with E-state index in [1.54, 1.807) is 34.1 Å². The van der Waals surface area contributed by atoms with E-state index in [9.17, 15) is 24.6 Å². The van der Waals surface area contributed by atoms with E-state index in [0.29, 0.717) is 6.42 Å². The van der Waals surface area contributed by atoms with Gasteiger partial charge in [0.05, 0.1) is 67.4 Å². The van der Waals surface area contributed by atoms with Crippen LogP contribution in [0.25, 0.3) is 0 Å². The maximum absolute atomic E-state index is 14.2. The standard InChI is InChI=1S/C55H101NO17Si3/c1-22-42-39(31-64-53-51(63-12)50(62-11)48(36(6)66-53)71-74(13,14)15)27-32(2)23-24-40(58)33(3)28-38(25-26-57)46(34(4)41(59)29-43(60)68-42)70-54-49(72-75(16,17)18)45(56(9)10)47(35(5)67-54)69-44-30-55(8,61)52(37(7)65-44)73-76(19,20)21/h23-24,26-27,33-39,41-42,44-54,59,61H,22,25,28-31H2,1-21H3/b24-23+,32-27+/t33-,34+,35-,36-,37+,38+,39?,41-,42-,44+,45+,46-,47-,48-,49-,50-,51-,52+,53-,54+,55-/m1/s1. The van der Waals surface area contributed by atoms with Crippen LogP contribution in [0.5, 0.6) is 0 Å². The van der Waals surface area contributed by atoms with Gasteiger partial charge in [-0.3, -0.25) is 9.59 Å². The van der Waals surface area contributed by atoms with Gasteiger partial charge in [0.25, 0.3) is 0 Å². The van der Waals surface area contributed by atoms with Crippen molar-refractivity contribution < 1.29 is 80.5 Å². The fraction of sp³-hybridized carbons (Fsp3) is 0.873. The molecule has 0 aromatic carbocycles. The SMILES string of the molecule is CC[C@H]1OC(=O)C[C@@H](O)[C@H](C)[C@@H](O[C@@H]2O[C@H](C)[C@@H](O[C@H]3C[C@@](C)(O)[C@@H](O[Si](C)(C)C)[C@H](C)O3)[C@H](N(C)C)[C@H]2O[Si](C)(C)C)[C@@H](CC=O)C[C@@H](C)C(=O)/C=C/C(C)=C/C1CO[C@@H]1O[C@H](C)[C@@H](O[Si](C)(C)C)[C@@H](OC)[C@H]1OC. The normalized spacial score (nSPS) is 41.3. The van der Waals surface area contributed by atoms with Crippen molar-refractivity contribution in [2.45, 2.75) is 250 Å². The Balaban J connectivity index is 1.68. The molecule has 440 valence electrons. The van der Waals surface area contributed by atoms with Crippen LogP contribution in [0.15, 0.2) is 23.8 Å². The summed E-state index contributed by atoms with van der Waals surface area (Å²) in [4.78, 5) is 42.9. The predicted molar refractivity (Wildman–Crippen MR) is 297 cm³/mol. The molecule has 4 aliphatic rings. The van der Waals surface area contributed by atoms with Crippen molar-refractivity contribution in [3.05, 3.63) is 23.8 Å². The molecule has 4 heterocycles. The molecule has 0 aromatic rings. The summed E-state index contributed by atoms with van der Waals surface area (Å²) in [5, 5.41) is 24.0. The molecule has 0 bridgehead atoms. The molecule has 0 amide bonds. The lowest BCUT2D eigenvalue weighted by molar-refractivity contribution is -0.339. The highest BCUT2D eigenvalue weighted by Crippen LogP contribution is 2.40. The summed E-state index contributed by atoms with van der Waals surface area (Å²) in [6.45, 7) is 33.7. The Morgan fingerprint density at radius 1 is 0.763 bits per heavy atom. The Labute approximate surface area is 459 Å². The van der Waals surface area contributed by atoms with Crippen molar-refractivity contribution in [1.29, 1.82) is 0 Å². The maximum atomic E-state index is 14.2. The van der Waals surface area contributed by atoms with Gasteiger partial charge in [-0.1, -0.05) is 38.5 Å². The average molecular weight is 1130 g/mol. The van der Waals surface area contributed by atoms with Crippen LogP contribution < -0.4 is 0 Å². The fourth-order valence-corrected chi connectivity index (χ4v) is 14.6. The van der Waals surface area contributed by atoms with Gasteiger partial charge in [-0.05, 0) is 132 Å². The van der Waals surface area contributed by atoms with Gasteiger partial charge in [-0.25, -0.2) is 0 Å². The third-order valence-electron chi connectivity index (χ3n) is 14.8. The lowest BCUT2D eigenvalue weighted by Gasteiger charge is -2.52. The summed E-state index contributed by atoms with van der Waals surface area (Å²) in [6.07, 6.45) is -4.17. The number of likely N-dealkylation sites (N-methyl/N-ethyl adjacent to an activating group) is 1. The van der Waals surface area contributed by atoms with Crippen LogP contribution in [-0.2, 0) is 70.3 Å². The van der Waals surface area contributed by atoms with E-state index in [1.165, 1.54) is 6.08 Å². The summed E-state index contributed by atoms with van der Waals surface area (Å²) < 4.78 is 78.3. The molecule has 1 unspecified atom stereocenters. The molecular formula is C55H101NO17Si3. The smallest absolute Gasteiger partial charge is 0.308 e. The van der Waals surface area contributed by atoms with Gasteiger partial charge in [0.1, 0.15) is 36.8 Å². The number of cyclic esters (lactones) is 1. The van der Waals surface area contributed by atoms with Crippen LogP contribution >= 0.6 is 0 Å². The first-order chi connectivity index (χ1) is 35.1. The van der Waals surface area contributed by atoms with Gasteiger partial charge in [0.2, 0.25) is 0 Å². The Kier molecular flexibility index (Phi) is 25.0. The number of aldehydes is 1. The number of esters is 1. The van der Waals surface area contributed by atoms with Gasteiger partial charge < -0.3 is 75.8 Å². The number of hydrogen-bond donors (Lipinski definition) is 2. The minimum Gasteiger partial charge on any atom is -0.462 e. The van der Waals surface area contributed by atoms with Crippen LogP contribution in [0.2, 0.25) is 58.9 Å². The van der Waals surface area contributed by atoms with Crippen molar-refractivity contribution in [3.63, 3.8) is 0 Å². The second-order valence-corrected chi connectivity index (χ2v) is 38.7. The number of methoxy groups -OCH3 is 2. The van der Waals surface area contributed by atoms with E-state index in [4.69, 9.17) is 55.9 Å². The molecule has 76 heavy (non-hydrogen) atoms. The number of ketones is 1.